The van der Waals surface area contributed by atoms with Gasteiger partial charge >= 0.3 is 0 Å². The van der Waals surface area contributed by atoms with Crippen LogP contribution in [0.4, 0.5) is 0 Å². The monoisotopic (exact) mass is 237 g/mol. The Bertz CT molecular complexity index is 264. The third kappa shape index (κ3) is 3.58. The molecule has 1 saturated carbocycles. The van der Waals surface area contributed by atoms with Gasteiger partial charge in [-0.25, -0.2) is 0 Å². The molecule has 1 aliphatic carbocycles. The molecule has 0 aromatic heterocycles. The van der Waals surface area contributed by atoms with Gasteiger partial charge in [-0.05, 0) is 30.3 Å². The summed E-state index contributed by atoms with van der Waals surface area (Å²) in [6.45, 7) is 10.3. The number of carbonyl (C=O) groups is 1. The number of rotatable bonds is 2. The van der Waals surface area contributed by atoms with Gasteiger partial charge in [0.2, 0.25) is 5.91 Å². The van der Waals surface area contributed by atoms with E-state index in [0.29, 0.717) is 12.3 Å². The first-order chi connectivity index (χ1) is 8.20. The lowest BCUT2D eigenvalue weighted by Crippen LogP contribution is -2.35. The molecule has 1 unspecified atom stereocenters. The van der Waals surface area contributed by atoms with E-state index in [2.05, 4.69) is 18.8 Å². The predicted octanol–water partition coefficient (Wildman–Crippen LogP) is 3.67. The predicted molar refractivity (Wildman–Crippen MR) is 72.8 cm³/mol. The Morgan fingerprint density at radius 3 is 2.24 bits per heavy atom. The van der Waals surface area contributed by atoms with Gasteiger partial charge in [0, 0.05) is 6.42 Å². The van der Waals surface area contributed by atoms with Crippen molar-refractivity contribution < 1.29 is 4.79 Å². The molecule has 0 aromatic rings. The van der Waals surface area contributed by atoms with Crippen LogP contribution in [0.15, 0.2) is 12.2 Å². The van der Waals surface area contributed by atoms with Crippen LogP contribution in [0.25, 0.3) is 0 Å². The van der Waals surface area contributed by atoms with E-state index in [4.69, 9.17) is 0 Å². The van der Waals surface area contributed by atoms with Gasteiger partial charge in [-0.3, -0.25) is 4.79 Å². The smallest absolute Gasteiger partial charge is 0.224 e. The molecule has 1 heterocycles. The van der Waals surface area contributed by atoms with Gasteiger partial charge in [0.25, 0.3) is 0 Å². The van der Waals surface area contributed by atoms with E-state index in [1.54, 1.807) is 0 Å². The highest BCUT2D eigenvalue weighted by Gasteiger charge is 2.33. The molecule has 0 aromatic carbocycles. The van der Waals surface area contributed by atoms with E-state index in [0.717, 1.165) is 11.5 Å². The minimum atomic E-state index is 0.169. The highest BCUT2D eigenvalue weighted by molar-refractivity contribution is 5.82. The topological polar surface area (TPSA) is 29.1 Å². The van der Waals surface area contributed by atoms with Crippen molar-refractivity contribution in [1.82, 2.24) is 5.32 Å². The Kier molecular flexibility index (Phi) is 5.73. The minimum Gasteiger partial charge on any atom is -0.349 e. The van der Waals surface area contributed by atoms with E-state index in [1.165, 1.54) is 32.1 Å². The quantitative estimate of drug-likeness (QED) is 0.729. The van der Waals surface area contributed by atoms with Gasteiger partial charge < -0.3 is 5.32 Å². The van der Waals surface area contributed by atoms with Crippen molar-refractivity contribution in [3.63, 3.8) is 0 Å². The second-order valence-electron chi connectivity index (χ2n) is 5.07. The van der Waals surface area contributed by atoms with E-state index < -0.39 is 0 Å². The van der Waals surface area contributed by atoms with Crippen LogP contribution in [0.3, 0.4) is 0 Å². The van der Waals surface area contributed by atoms with Crippen molar-refractivity contribution in [3.05, 3.63) is 12.2 Å². The molecule has 2 rings (SSSR count). The molecular weight excluding hydrogens is 210 g/mol. The maximum absolute atomic E-state index is 11.3. The van der Waals surface area contributed by atoms with Crippen LogP contribution >= 0.6 is 0 Å². The molecule has 2 fully saturated rings. The molecule has 1 N–H and O–H groups in total. The van der Waals surface area contributed by atoms with Gasteiger partial charge in [0.1, 0.15) is 0 Å². The average molecular weight is 237 g/mol. The van der Waals surface area contributed by atoms with Crippen LogP contribution in [0.1, 0.15) is 59.3 Å². The van der Waals surface area contributed by atoms with E-state index in [1.807, 2.05) is 13.8 Å². The first-order valence-electron chi connectivity index (χ1n) is 7.17. The lowest BCUT2D eigenvalue weighted by molar-refractivity contribution is -0.119. The summed E-state index contributed by atoms with van der Waals surface area (Å²) in [4.78, 5) is 11.3. The number of nitrogens with one attached hydrogen (secondary N) is 1. The maximum Gasteiger partial charge on any atom is 0.224 e. The number of amides is 1. The van der Waals surface area contributed by atoms with Crippen molar-refractivity contribution in [3.8, 4) is 0 Å². The van der Waals surface area contributed by atoms with Gasteiger partial charge in [0.15, 0.2) is 0 Å². The zero-order valence-electron chi connectivity index (χ0n) is 11.6. The summed E-state index contributed by atoms with van der Waals surface area (Å²) in [7, 11) is 0. The van der Waals surface area contributed by atoms with Gasteiger partial charge in [0.05, 0.1) is 6.04 Å². The van der Waals surface area contributed by atoms with Gasteiger partial charge in [-0.2, -0.15) is 0 Å². The zero-order valence-corrected chi connectivity index (χ0v) is 11.6. The highest BCUT2D eigenvalue weighted by atomic mass is 16.1. The highest BCUT2D eigenvalue weighted by Crippen LogP contribution is 2.35. The normalized spacial score (nSPS) is 32.8. The molecular formula is C15H27NO. The molecule has 17 heavy (non-hydrogen) atoms. The summed E-state index contributed by atoms with van der Waals surface area (Å²) < 4.78 is 0. The van der Waals surface area contributed by atoms with Crippen molar-refractivity contribution in [1.29, 1.82) is 0 Å². The minimum absolute atomic E-state index is 0.169. The number of hydrogen-bond donors (Lipinski definition) is 1. The second kappa shape index (κ2) is 6.83. The first kappa shape index (κ1) is 14.3. The molecule has 98 valence electrons. The van der Waals surface area contributed by atoms with E-state index in [9.17, 15) is 4.79 Å². The second-order valence-corrected chi connectivity index (χ2v) is 5.07. The van der Waals surface area contributed by atoms with Crippen LogP contribution in [0, 0.1) is 11.8 Å². The largest absolute Gasteiger partial charge is 0.349 e. The maximum atomic E-state index is 11.3. The average Bonchev–Trinajstić information content (AvgIpc) is 2.71. The van der Waals surface area contributed by atoms with Gasteiger partial charge in [-0.15, -0.1) is 0 Å². The third-order valence-corrected chi connectivity index (χ3v) is 4.08. The van der Waals surface area contributed by atoms with Crippen LogP contribution in [-0.4, -0.2) is 11.9 Å². The number of hydrogen-bond acceptors (Lipinski definition) is 1. The standard InChI is InChI=1S/C13H21NO.C2H6/c1-3-10-4-6-11(7-5-10)13-9(2)8-12(15)14-13;1-2/h10-11,13H,2-8H2,1H3,(H,14,15);1-2H3. The Morgan fingerprint density at radius 2 is 1.82 bits per heavy atom. The first-order valence-corrected chi connectivity index (χ1v) is 7.17. The molecule has 1 atom stereocenters. The molecule has 1 aliphatic heterocycles. The molecule has 0 bridgehead atoms. The molecule has 2 heteroatoms. The fourth-order valence-corrected chi connectivity index (χ4v) is 3.02. The summed E-state index contributed by atoms with van der Waals surface area (Å²) in [5.74, 6) is 1.75. The summed E-state index contributed by atoms with van der Waals surface area (Å²) in [5, 5.41) is 3.07. The van der Waals surface area contributed by atoms with Crippen molar-refractivity contribution in [2.45, 2.75) is 65.3 Å². The molecule has 0 radical (unpaired) electrons. The van der Waals surface area contributed by atoms with Crippen LogP contribution in [0.5, 0.6) is 0 Å². The Hall–Kier alpha value is -0.790. The summed E-state index contributed by atoms with van der Waals surface area (Å²) >= 11 is 0. The summed E-state index contributed by atoms with van der Waals surface area (Å²) in [6, 6.07) is 0.287. The summed E-state index contributed by atoms with van der Waals surface area (Å²) in [5.41, 5.74) is 1.11. The Labute approximate surface area is 106 Å². The molecule has 1 saturated heterocycles. The third-order valence-electron chi connectivity index (χ3n) is 4.08. The lowest BCUT2D eigenvalue weighted by Gasteiger charge is -2.32. The Balaban J connectivity index is 0.000000686. The van der Waals surface area contributed by atoms with Crippen LogP contribution in [0.2, 0.25) is 0 Å². The molecule has 2 aliphatic rings. The van der Waals surface area contributed by atoms with Crippen LogP contribution < -0.4 is 5.32 Å². The van der Waals surface area contributed by atoms with E-state index >= 15 is 0 Å². The number of carbonyl (C=O) groups excluding carboxylic acids is 1. The van der Waals surface area contributed by atoms with Crippen molar-refractivity contribution in [2.75, 3.05) is 0 Å². The van der Waals surface area contributed by atoms with Gasteiger partial charge in [-0.1, -0.05) is 46.6 Å². The van der Waals surface area contributed by atoms with Crippen molar-refractivity contribution in [2.24, 2.45) is 11.8 Å². The SMILES string of the molecule is C=C1CC(=O)NC1C1CCC(CC)CC1.CC. The lowest BCUT2D eigenvalue weighted by atomic mass is 9.76. The zero-order chi connectivity index (χ0) is 12.8. The molecule has 0 spiro atoms. The summed E-state index contributed by atoms with van der Waals surface area (Å²) in [6.07, 6.45) is 7.07. The fraction of sp³-hybridized carbons (Fsp3) is 0.800. The molecule has 2 nitrogen and oxygen atoms in total. The van der Waals surface area contributed by atoms with Crippen molar-refractivity contribution >= 4 is 5.91 Å². The fourth-order valence-electron chi connectivity index (χ4n) is 3.02. The Morgan fingerprint density at radius 1 is 1.24 bits per heavy atom. The van der Waals surface area contributed by atoms with E-state index in [-0.39, 0.29) is 11.9 Å². The van der Waals surface area contributed by atoms with Crippen LogP contribution in [-0.2, 0) is 4.79 Å². The molecule has 1 amide bonds.